The first-order valence-electron chi connectivity index (χ1n) is 5.41. The zero-order valence-electron chi connectivity index (χ0n) is 9.99. The second-order valence-electron chi connectivity index (χ2n) is 3.99. The molecule has 0 bridgehead atoms. The van der Waals surface area contributed by atoms with Crippen LogP contribution in [0, 0.1) is 29.6 Å². The van der Waals surface area contributed by atoms with Gasteiger partial charge in [0.2, 0.25) is 0 Å². The number of aromatic nitrogens is 1. The van der Waals surface area contributed by atoms with Gasteiger partial charge in [0, 0.05) is 11.3 Å². The van der Waals surface area contributed by atoms with Crippen LogP contribution in [0.25, 0.3) is 11.1 Å². The Bertz CT molecular complexity index is 794. The van der Waals surface area contributed by atoms with Gasteiger partial charge in [-0.25, -0.2) is 0 Å². The van der Waals surface area contributed by atoms with Gasteiger partial charge in [-0.2, -0.15) is 10.5 Å². The number of halogens is 1. The van der Waals surface area contributed by atoms with Gasteiger partial charge in [0.05, 0.1) is 10.6 Å². The molecule has 0 saturated heterocycles. The highest BCUT2D eigenvalue weighted by Gasteiger charge is 2.11. The van der Waals surface area contributed by atoms with Crippen LogP contribution in [-0.2, 0) is 0 Å². The maximum absolute atomic E-state index is 11.7. The molecule has 5 heteroatoms. The first-order chi connectivity index (χ1) is 9.06. The summed E-state index contributed by atoms with van der Waals surface area (Å²) in [6.45, 7) is 1.73. The number of nitrogens with one attached hydrogen (secondary N) is 1. The molecule has 0 aliphatic carbocycles. The summed E-state index contributed by atoms with van der Waals surface area (Å²) < 4.78 is 0. The summed E-state index contributed by atoms with van der Waals surface area (Å²) in [7, 11) is 0. The fourth-order valence-corrected chi connectivity index (χ4v) is 2.02. The standard InChI is InChI=1S/C14H8ClN3O/c1-8-4-11(12(7-17)14(19)18-8)9-2-3-10(6-16)13(15)5-9/h2-5H,1H3,(H,18,19). The topological polar surface area (TPSA) is 80.4 Å². The van der Waals surface area contributed by atoms with E-state index in [1.54, 1.807) is 31.2 Å². The van der Waals surface area contributed by atoms with Crippen molar-refractivity contribution < 1.29 is 0 Å². The highest BCUT2D eigenvalue weighted by Crippen LogP contribution is 2.26. The molecule has 0 aliphatic heterocycles. The minimum atomic E-state index is -0.432. The maximum atomic E-state index is 11.7. The first-order valence-corrected chi connectivity index (χ1v) is 5.78. The maximum Gasteiger partial charge on any atom is 0.266 e. The molecule has 2 rings (SSSR count). The fourth-order valence-electron chi connectivity index (χ4n) is 1.80. The zero-order chi connectivity index (χ0) is 14.0. The Morgan fingerprint density at radius 3 is 2.53 bits per heavy atom. The predicted octanol–water partition coefficient (Wildman–Crippen LogP) is 2.75. The summed E-state index contributed by atoms with van der Waals surface area (Å²) in [5, 5.41) is 18.2. The summed E-state index contributed by atoms with van der Waals surface area (Å²) >= 11 is 5.96. The smallest absolute Gasteiger partial charge is 0.266 e. The van der Waals surface area contributed by atoms with E-state index in [-0.39, 0.29) is 5.56 Å². The number of hydrogen-bond acceptors (Lipinski definition) is 3. The van der Waals surface area contributed by atoms with Gasteiger partial charge < -0.3 is 4.98 Å². The van der Waals surface area contributed by atoms with Gasteiger partial charge >= 0.3 is 0 Å². The van der Waals surface area contributed by atoms with E-state index in [1.165, 1.54) is 0 Å². The van der Waals surface area contributed by atoms with Crippen LogP contribution in [0.2, 0.25) is 5.02 Å². The van der Waals surface area contributed by atoms with Crippen LogP contribution in [-0.4, -0.2) is 4.98 Å². The number of H-pyrrole nitrogens is 1. The van der Waals surface area contributed by atoms with E-state index in [2.05, 4.69) is 4.98 Å². The Balaban J connectivity index is 2.73. The van der Waals surface area contributed by atoms with Crippen LogP contribution >= 0.6 is 11.6 Å². The SMILES string of the molecule is Cc1cc(-c2ccc(C#N)c(Cl)c2)c(C#N)c(=O)[nH]1. The molecular formula is C14H8ClN3O. The number of hydrogen-bond donors (Lipinski definition) is 1. The Morgan fingerprint density at radius 2 is 1.95 bits per heavy atom. The quantitative estimate of drug-likeness (QED) is 0.864. The lowest BCUT2D eigenvalue weighted by Crippen LogP contribution is -2.12. The van der Waals surface area contributed by atoms with Crippen LogP contribution in [0.3, 0.4) is 0 Å². The van der Waals surface area contributed by atoms with Gasteiger partial charge in [0.1, 0.15) is 17.7 Å². The fraction of sp³-hybridized carbons (Fsp3) is 0.0714. The minimum Gasteiger partial charge on any atom is -0.325 e. The van der Waals surface area contributed by atoms with Crippen molar-refractivity contribution in [2.45, 2.75) is 6.92 Å². The number of nitrogens with zero attached hydrogens (tertiary/aromatic N) is 2. The lowest BCUT2D eigenvalue weighted by atomic mass is 10.00. The summed E-state index contributed by atoms with van der Waals surface area (Å²) in [5.74, 6) is 0. The summed E-state index contributed by atoms with van der Waals surface area (Å²) in [6.07, 6.45) is 0. The van der Waals surface area contributed by atoms with Crippen LogP contribution in [0.15, 0.2) is 29.1 Å². The molecule has 1 aromatic carbocycles. The van der Waals surface area contributed by atoms with Crippen molar-refractivity contribution in [3.63, 3.8) is 0 Å². The van der Waals surface area contributed by atoms with Gasteiger partial charge in [-0.3, -0.25) is 4.79 Å². The largest absolute Gasteiger partial charge is 0.325 e. The summed E-state index contributed by atoms with van der Waals surface area (Å²) in [6, 6.07) is 10.4. The molecule has 0 radical (unpaired) electrons. The molecule has 0 fully saturated rings. The van der Waals surface area contributed by atoms with E-state index in [9.17, 15) is 4.79 Å². The Hall–Kier alpha value is -2.56. The van der Waals surface area contributed by atoms with Gasteiger partial charge in [0.25, 0.3) is 5.56 Å². The van der Waals surface area contributed by atoms with E-state index < -0.39 is 5.56 Å². The highest BCUT2D eigenvalue weighted by atomic mass is 35.5. The van der Waals surface area contributed by atoms with Gasteiger partial charge in [-0.05, 0) is 30.7 Å². The molecule has 1 aromatic heterocycles. The number of benzene rings is 1. The number of aryl methyl sites for hydroxylation is 1. The van der Waals surface area contributed by atoms with E-state index in [1.807, 2.05) is 12.1 Å². The minimum absolute atomic E-state index is 0.0337. The lowest BCUT2D eigenvalue weighted by Gasteiger charge is -2.06. The molecule has 0 aliphatic rings. The van der Waals surface area contributed by atoms with Crippen molar-refractivity contribution in [3.05, 3.63) is 56.5 Å². The zero-order valence-corrected chi connectivity index (χ0v) is 10.7. The lowest BCUT2D eigenvalue weighted by molar-refractivity contribution is 1.13. The normalized spacial score (nSPS) is 9.68. The molecule has 4 nitrogen and oxygen atoms in total. The monoisotopic (exact) mass is 269 g/mol. The van der Waals surface area contributed by atoms with Crippen LogP contribution < -0.4 is 5.56 Å². The molecule has 0 spiro atoms. The molecule has 0 unspecified atom stereocenters. The van der Waals surface area contributed by atoms with Gasteiger partial charge in [0.15, 0.2) is 0 Å². The van der Waals surface area contributed by atoms with Crippen LogP contribution in [0.5, 0.6) is 0 Å². The second kappa shape index (κ2) is 4.97. The average Bonchev–Trinajstić information content (AvgIpc) is 2.37. The Labute approximate surface area is 114 Å². The number of nitriles is 2. The van der Waals surface area contributed by atoms with E-state index in [0.29, 0.717) is 27.4 Å². The Morgan fingerprint density at radius 1 is 1.21 bits per heavy atom. The van der Waals surface area contributed by atoms with Crippen molar-refractivity contribution in [2.75, 3.05) is 0 Å². The van der Waals surface area contributed by atoms with Crippen molar-refractivity contribution in [2.24, 2.45) is 0 Å². The third-order valence-electron chi connectivity index (χ3n) is 2.68. The van der Waals surface area contributed by atoms with Crippen LogP contribution in [0.1, 0.15) is 16.8 Å². The number of rotatable bonds is 1. The van der Waals surface area contributed by atoms with Crippen molar-refractivity contribution in [1.82, 2.24) is 4.98 Å². The van der Waals surface area contributed by atoms with Crippen molar-refractivity contribution in [1.29, 1.82) is 10.5 Å². The summed E-state index contributed by atoms with van der Waals surface area (Å²) in [5.41, 5.74) is 1.75. The predicted molar refractivity (Wildman–Crippen MR) is 71.7 cm³/mol. The highest BCUT2D eigenvalue weighted by molar-refractivity contribution is 6.32. The third-order valence-corrected chi connectivity index (χ3v) is 2.99. The molecule has 2 aromatic rings. The van der Waals surface area contributed by atoms with E-state index >= 15 is 0 Å². The molecule has 92 valence electrons. The molecule has 1 heterocycles. The van der Waals surface area contributed by atoms with Crippen molar-refractivity contribution >= 4 is 11.6 Å². The molecule has 1 N–H and O–H groups in total. The van der Waals surface area contributed by atoms with Gasteiger partial charge in [-0.1, -0.05) is 17.7 Å². The Kier molecular flexibility index (Phi) is 3.37. The molecule has 0 amide bonds. The first kappa shape index (κ1) is 12.9. The van der Waals surface area contributed by atoms with E-state index in [0.717, 1.165) is 0 Å². The van der Waals surface area contributed by atoms with E-state index in [4.69, 9.17) is 22.1 Å². The molecule has 19 heavy (non-hydrogen) atoms. The van der Waals surface area contributed by atoms with Crippen molar-refractivity contribution in [3.8, 4) is 23.3 Å². The summed E-state index contributed by atoms with van der Waals surface area (Å²) in [4.78, 5) is 14.3. The number of pyridine rings is 1. The molecule has 0 saturated carbocycles. The average molecular weight is 270 g/mol. The number of aromatic amines is 1. The third kappa shape index (κ3) is 2.35. The molecule has 0 atom stereocenters. The second-order valence-corrected chi connectivity index (χ2v) is 4.40. The van der Waals surface area contributed by atoms with Crippen LogP contribution in [0.4, 0.5) is 0 Å². The molecular weight excluding hydrogens is 262 g/mol. The van der Waals surface area contributed by atoms with Gasteiger partial charge in [-0.15, -0.1) is 0 Å².